The second-order valence-corrected chi connectivity index (χ2v) is 10.7. The van der Waals surface area contributed by atoms with E-state index in [4.69, 9.17) is 4.98 Å². The van der Waals surface area contributed by atoms with Gasteiger partial charge >= 0.3 is 0 Å². The summed E-state index contributed by atoms with van der Waals surface area (Å²) in [6, 6.07) is 14.2. The van der Waals surface area contributed by atoms with Gasteiger partial charge in [0.15, 0.2) is 0 Å². The van der Waals surface area contributed by atoms with Crippen molar-refractivity contribution in [2.24, 2.45) is 0 Å². The van der Waals surface area contributed by atoms with Gasteiger partial charge in [-0.15, -0.1) is 0 Å². The van der Waals surface area contributed by atoms with Gasteiger partial charge < -0.3 is 25.1 Å². The number of fused-ring (bicyclic) bond motifs is 2. The molecule has 1 fully saturated rings. The Balaban J connectivity index is 1.24. The molecule has 0 saturated carbocycles. The van der Waals surface area contributed by atoms with Crippen molar-refractivity contribution >= 4 is 22.6 Å². The summed E-state index contributed by atoms with van der Waals surface area (Å²) >= 11 is 0. The Morgan fingerprint density at radius 3 is 2.71 bits per heavy atom. The standard InChI is InChI=1S/C30H34N6O2/c1-19-7-3-4-8-21(19)15-20(2)32-24-9-10-31-29(37)27(24)28-33-25-16-22-18-36(14-13-35-11-5-6-12-35)30(38)23(22)17-26(25)34-28/h3-4,7-10,16-17,20H,5-6,11-15,18H2,1-2H3,(H,33,34)(H2,31,32,37)/t20-/m1/s1. The fourth-order valence-electron chi connectivity index (χ4n) is 5.77. The first-order valence-electron chi connectivity index (χ1n) is 13.5. The molecule has 0 bridgehead atoms. The molecule has 0 radical (unpaired) electrons. The first-order valence-corrected chi connectivity index (χ1v) is 13.5. The van der Waals surface area contributed by atoms with Crippen LogP contribution in [-0.4, -0.2) is 62.9 Å². The number of amides is 1. The van der Waals surface area contributed by atoms with E-state index < -0.39 is 0 Å². The summed E-state index contributed by atoms with van der Waals surface area (Å²) in [5.41, 5.74) is 6.75. The zero-order chi connectivity index (χ0) is 26.2. The van der Waals surface area contributed by atoms with Crippen LogP contribution in [0.4, 0.5) is 5.69 Å². The summed E-state index contributed by atoms with van der Waals surface area (Å²) in [4.78, 5) is 41.4. The van der Waals surface area contributed by atoms with E-state index in [1.807, 2.05) is 29.2 Å². The Kier molecular flexibility index (Phi) is 6.49. The normalized spacial score (nSPS) is 16.4. The molecule has 3 N–H and O–H groups in total. The number of anilines is 1. The highest BCUT2D eigenvalue weighted by molar-refractivity contribution is 6.02. The van der Waals surface area contributed by atoms with E-state index in [0.717, 1.165) is 49.4 Å². The maximum absolute atomic E-state index is 13.1. The topological polar surface area (TPSA) is 97.1 Å². The number of nitrogens with zero attached hydrogens (tertiary/aromatic N) is 3. The van der Waals surface area contributed by atoms with Gasteiger partial charge in [-0.25, -0.2) is 4.98 Å². The fourth-order valence-corrected chi connectivity index (χ4v) is 5.77. The van der Waals surface area contributed by atoms with Gasteiger partial charge in [0.25, 0.3) is 11.5 Å². The lowest BCUT2D eigenvalue weighted by atomic mass is 10.0. The number of nitrogens with one attached hydrogen (secondary N) is 3. The van der Waals surface area contributed by atoms with Crippen LogP contribution < -0.4 is 10.9 Å². The summed E-state index contributed by atoms with van der Waals surface area (Å²) in [6.07, 6.45) is 4.99. The number of carbonyl (C=O) groups is 1. The average Bonchev–Trinajstić information content (AvgIpc) is 3.62. The van der Waals surface area contributed by atoms with Crippen LogP contribution in [0, 0.1) is 6.92 Å². The Hall–Kier alpha value is -3.91. The van der Waals surface area contributed by atoms with Crippen molar-refractivity contribution in [1.29, 1.82) is 0 Å². The molecule has 1 saturated heterocycles. The molecule has 2 aliphatic heterocycles. The van der Waals surface area contributed by atoms with E-state index in [-0.39, 0.29) is 17.5 Å². The molecular formula is C30H34N6O2. The molecule has 2 aromatic heterocycles. The van der Waals surface area contributed by atoms with Crippen LogP contribution in [-0.2, 0) is 13.0 Å². The molecule has 2 aliphatic rings. The number of rotatable bonds is 8. The monoisotopic (exact) mass is 510 g/mol. The number of hydrogen-bond donors (Lipinski definition) is 3. The first kappa shape index (κ1) is 24.4. The van der Waals surface area contributed by atoms with Gasteiger partial charge in [0, 0.05) is 37.4 Å². The van der Waals surface area contributed by atoms with E-state index in [2.05, 4.69) is 52.2 Å². The predicted octanol–water partition coefficient (Wildman–Crippen LogP) is 4.32. The Morgan fingerprint density at radius 1 is 1.08 bits per heavy atom. The highest BCUT2D eigenvalue weighted by atomic mass is 16.2. The van der Waals surface area contributed by atoms with Gasteiger partial charge in [0.2, 0.25) is 0 Å². The van der Waals surface area contributed by atoms with Crippen molar-refractivity contribution in [3.05, 3.63) is 81.3 Å². The molecule has 4 aromatic rings. The predicted molar refractivity (Wildman–Crippen MR) is 151 cm³/mol. The van der Waals surface area contributed by atoms with Crippen LogP contribution in [0.5, 0.6) is 0 Å². The highest BCUT2D eigenvalue weighted by Gasteiger charge is 2.29. The van der Waals surface area contributed by atoms with E-state index in [1.165, 1.54) is 24.0 Å². The molecule has 0 spiro atoms. The van der Waals surface area contributed by atoms with E-state index in [9.17, 15) is 9.59 Å². The largest absolute Gasteiger partial charge is 0.381 e. The molecule has 0 unspecified atom stereocenters. The van der Waals surface area contributed by atoms with Crippen molar-refractivity contribution in [3.8, 4) is 11.4 Å². The average molecular weight is 511 g/mol. The van der Waals surface area contributed by atoms with E-state index >= 15 is 0 Å². The van der Waals surface area contributed by atoms with Crippen molar-refractivity contribution in [1.82, 2.24) is 24.8 Å². The smallest absolute Gasteiger partial charge is 0.261 e. The summed E-state index contributed by atoms with van der Waals surface area (Å²) in [5, 5.41) is 3.52. The summed E-state index contributed by atoms with van der Waals surface area (Å²) in [5.74, 6) is 0.560. The minimum absolute atomic E-state index is 0.0654. The molecule has 38 heavy (non-hydrogen) atoms. The van der Waals surface area contributed by atoms with E-state index in [1.54, 1.807) is 6.20 Å². The molecule has 1 atom stereocenters. The summed E-state index contributed by atoms with van der Waals surface area (Å²) in [7, 11) is 0. The second kappa shape index (κ2) is 10.1. The first-order chi connectivity index (χ1) is 18.5. The molecule has 8 nitrogen and oxygen atoms in total. The lowest BCUT2D eigenvalue weighted by Crippen LogP contribution is -2.33. The molecule has 8 heteroatoms. The van der Waals surface area contributed by atoms with Crippen molar-refractivity contribution in [2.45, 2.75) is 45.7 Å². The minimum Gasteiger partial charge on any atom is -0.381 e. The lowest BCUT2D eigenvalue weighted by molar-refractivity contribution is 0.0763. The van der Waals surface area contributed by atoms with E-state index in [0.29, 0.717) is 29.0 Å². The number of aromatic nitrogens is 3. The SMILES string of the molecule is Cc1ccccc1C[C@@H](C)Nc1cc[nH]c(=O)c1-c1nc2cc3c(cc2[nH]1)CN(CCN1CCCC1)C3=O. The van der Waals surface area contributed by atoms with Crippen LogP contribution in [0.1, 0.15) is 46.8 Å². The number of H-pyrrole nitrogens is 2. The number of aromatic amines is 2. The summed E-state index contributed by atoms with van der Waals surface area (Å²) in [6.45, 7) is 8.77. The van der Waals surface area contributed by atoms with Gasteiger partial charge in [-0.2, -0.15) is 0 Å². The van der Waals surface area contributed by atoms with Gasteiger partial charge in [-0.3, -0.25) is 9.59 Å². The van der Waals surface area contributed by atoms with Gasteiger partial charge in [-0.1, -0.05) is 24.3 Å². The third-order valence-corrected chi connectivity index (χ3v) is 7.86. The maximum atomic E-state index is 13.1. The van der Waals surface area contributed by atoms with Crippen molar-refractivity contribution in [3.63, 3.8) is 0 Å². The Labute approximate surface area is 222 Å². The number of pyridine rings is 1. The summed E-state index contributed by atoms with van der Waals surface area (Å²) < 4.78 is 0. The maximum Gasteiger partial charge on any atom is 0.261 e. The lowest BCUT2D eigenvalue weighted by Gasteiger charge is -2.20. The Bertz CT molecular complexity index is 1550. The number of hydrogen-bond acceptors (Lipinski definition) is 5. The van der Waals surface area contributed by atoms with Gasteiger partial charge in [0.05, 0.1) is 16.7 Å². The van der Waals surface area contributed by atoms with Gasteiger partial charge in [0.1, 0.15) is 11.4 Å². The Morgan fingerprint density at radius 2 is 1.89 bits per heavy atom. The number of likely N-dealkylation sites (tertiary alicyclic amines) is 1. The van der Waals surface area contributed by atoms with Crippen LogP contribution in [0.3, 0.4) is 0 Å². The van der Waals surface area contributed by atoms with Crippen LogP contribution in [0.2, 0.25) is 0 Å². The van der Waals surface area contributed by atoms with Crippen LogP contribution >= 0.6 is 0 Å². The number of benzene rings is 2. The van der Waals surface area contributed by atoms with Crippen LogP contribution in [0.25, 0.3) is 22.4 Å². The van der Waals surface area contributed by atoms with Crippen molar-refractivity contribution < 1.29 is 4.79 Å². The third kappa shape index (κ3) is 4.72. The molecule has 2 aromatic carbocycles. The number of carbonyl (C=O) groups excluding carboxylic acids is 1. The fraction of sp³-hybridized carbons (Fsp3) is 0.367. The molecule has 6 rings (SSSR count). The highest BCUT2D eigenvalue weighted by Crippen LogP contribution is 2.30. The zero-order valence-electron chi connectivity index (χ0n) is 22.0. The molecule has 196 valence electrons. The molecular weight excluding hydrogens is 476 g/mol. The quantitative estimate of drug-likeness (QED) is 0.328. The zero-order valence-corrected chi connectivity index (χ0v) is 22.0. The number of imidazole rings is 1. The molecule has 1 amide bonds. The molecule has 4 heterocycles. The van der Waals surface area contributed by atoms with Crippen molar-refractivity contribution in [2.75, 3.05) is 31.5 Å². The number of aryl methyl sites for hydroxylation is 1. The van der Waals surface area contributed by atoms with Crippen LogP contribution in [0.15, 0.2) is 53.5 Å². The second-order valence-electron chi connectivity index (χ2n) is 10.7. The van der Waals surface area contributed by atoms with Gasteiger partial charge in [-0.05, 0) is 81.1 Å². The third-order valence-electron chi connectivity index (χ3n) is 7.86. The molecule has 0 aliphatic carbocycles. The minimum atomic E-state index is -0.214.